The van der Waals surface area contributed by atoms with E-state index in [0.29, 0.717) is 11.6 Å². The molecule has 4 rings (SSSR count). The number of nitrogens with one attached hydrogen (secondary N) is 1. The van der Waals surface area contributed by atoms with E-state index in [-0.39, 0.29) is 5.63 Å². The van der Waals surface area contributed by atoms with Crippen molar-refractivity contribution < 1.29 is 4.42 Å². The molecule has 1 aromatic heterocycles. The molecule has 1 aliphatic carbocycles. The van der Waals surface area contributed by atoms with E-state index in [1.54, 1.807) is 6.07 Å². The quantitative estimate of drug-likeness (QED) is 0.430. The highest BCUT2D eigenvalue weighted by Crippen LogP contribution is 2.27. The van der Waals surface area contributed by atoms with Crippen LogP contribution in [-0.2, 0) is 6.54 Å². The first kappa shape index (κ1) is 15.4. The predicted octanol–water partition coefficient (Wildman–Crippen LogP) is 4.76. The molecular formula is C21H23NO2. The maximum atomic E-state index is 12.0. The molecule has 0 radical (unpaired) electrons. The van der Waals surface area contributed by atoms with Crippen LogP contribution in [0.5, 0.6) is 0 Å². The average Bonchev–Trinajstić information content (AvgIpc) is 2.88. The summed E-state index contributed by atoms with van der Waals surface area (Å²) in [4.78, 5) is 12.0. The number of hydrogen-bond acceptors (Lipinski definition) is 3. The highest BCUT2D eigenvalue weighted by molar-refractivity contribution is 6.07. The van der Waals surface area contributed by atoms with E-state index in [2.05, 4.69) is 17.4 Å². The van der Waals surface area contributed by atoms with Crippen molar-refractivity contribution in [1.82, 2.24) is 5.32 Å². The lowest BCUT2D eigenvalue weighted by atomic mass is 10.0. The molecule has 1 saturated carbocycles. The summed E-state index contributed by atoms with van der Waals surface area (Å²) in [6.45, 7) is 0.723. The maximum absolute atomic E-state index is 12.0. The zero-order valence-corrected chi connectivity index (χ0v) is 13.9. The van der Waals surface area contributed by atoms with E-state index >= 15 is 0 Å². The van der Waals surface area contributed by atoms with Crippen molar-refractivity contribution >= 4 is 21.7 Å². The fourth-order valence-electron chi connectivity index (χ4n) is 3.90. The molecule has 0 bridgehead atoms. The van der Waals surface area contributed by atoms with Crippen LogP contribution in [0.1, 0.15) is 44.1 Å². The zero-order chi connectivity index (χ0) is 16.4. The zero-order valence-electron chi connectivity index (χ0n) is 13.9. The van der Waals surface area contributed by atoms with E-state index < -0.39 is 0 Å². The summed E-state index contributed by atoms with van der Waals surface area (Å²) in [5.74, 6) is 0. The van der Waals surface area contributed by atoms with E-state index in [4.69, 9.17) is 4.42 Å². The van der Waals surface area contributed by atoms with Crippen LogP contribution in [-0.4, -0.2) is 6.04 Å². The van der Waals surface area contributed by atoms with Gasteiger partial charge in [0.1, 0.15) is 5.58 Å². The summed E-state index contributed by atoms with van der Waals surface area (Å²) in [5, 5.41) is 7.07. The molecule has 0 unspecified atom stereocenters. The standard InChI is InChI=1S/C21H23NO2/c23-20-13-16(14-22-17-8-3-1-2-4-9-17)21-18-10-6-5-7-15(18)11-12-19(21)24-20/h5-7,10-13,17,22H,1-4,8-9,14H2. The van der Waals surface area contributed by atoms with E-state index in [9.17, 15) is 4.79 Å². The van der Waals surface area contributed by atoms with Crippen LogP contribution >= 0.6 is 0 Å². The molecule has 0 spiro atoms. The molecule has 3 heteroatoms. The minimum atomic E-state index is -0.268. The lowest BCUT2D eigenvalue weighted by Gasteiger charge is -2.17. The SMILES string of the molecule is O=c1cc(CNC2CCCCCC2)c2c(ccc3ccccc32)o1. The van der Waals surface area contributed by atoms with Crippen LogP contribution < -0.4 is 10.9 Å². The highest BCUT2D eigenvalue weighted by atomic mass is 16.4. The largest absolute Gasteiger partial charge is 0.423 e. The van der Waals surface area contributed by atoms with E-state index in [1.807, 2.05) is 24.3 Å². The Hall–Kier alpha value is -2.13. The molecule has 1 aliphatic rings. The molecular weight excluding hydrogens is 298 g/mol. The van der Waals surface area contributed by atoms with Gasteiger partial charge in [-0.25, -0.2) is 4.79 Å². The molecule has 0 saturated heterocycles. The van der Waals surface area contributed by atoms with Crippen LogP contribution in [0.25, 0.3) is 21.7 Å². The molecule has 0 atom stereocenters. The van der Waals surface area contributed by atoms with Gasteiger partial charge >= 0.3 is 5.63 Å². The number of benzene rings is 2. The van der Waals surface area contributed by atoms with Gasteiger partial charge in [-0.15, -0.1) is 0 Å². The van der Waals surface area contributed by atoms with Crippen molar-refractivity contribution in [2.75, 3.05) is 0 Å². The van der Waals surface area contributed by atoms with Crippen LogP contribution in [0.4, 0.5) is 0 Å². The van der Waals surface area contributed by atoms with Gasteiger partial charge in [-0.3, -0.25) is 0 Å². The minimum absolute atomic E-state index is 0.268. The van der Waals surface area contributed by atoms with Crippen LogP contribution in [0.2, 0.25) is 0 Å². The second-order valence-electron chi connectivity index (χ2n) is 6.82. The molecule has 24 heavy (non-hydrogen) atoms. The highest BCUT2D eigenvalue weighted by Gasteiger charge is 2.14. The Balaban J connectivity index is 1.73. The van der Waals surface area contributed by atoms with Gasteiger partial charge in [0, 0.05) is 24.0 Å². The van der Waals surface area contributed by atoms with Gasteiger partial charge in [0.2, 0.25) is 0 Å². The Morgan fingerprint density at radius 3 is 2.62 bits per heavy atom. The molecule has 0 aliphatic heterocycles. The fraction of sp³-hybridized carbons (Fsp3) is 0.381. The van der Waals surface area contributed by atoms with Crippen LogP contribution in [0, 0.1) is 0 Å². The van der Waals surface area contributed by atoms with E-state index in [1.165, 1.54) is 43.9 Å². The molecule has 1 heterocycles. The molecule has 0 amide bonds. The maximum Gasteiger partial charge on any atom is 0.336 e. The normalized spacial score (nSPS) is 16.5. The van der Waals surface area contributed by atoms with Crippen molar-refractivity contribution in [2.24, 2.45) is 0 Å². The van der Waals surface area contributed by atoms with Crippen molar-refractivity contribution in [1.29, 1.82) is 0 Å². The number of rotatable bonds is 3. The van der Waals surface area contributed by atoms with Crippen molar-refractivity contribution in [3.05, 3.63) is 58.4 Å². The van der Waals surface area contributed by atoms with Crippen molar-refractivity contribution in [2.45, 2.75) is 51.1 Å². The molecule has 1 fully saturated rings. The third-order valence-corrected chi connectivity index (χ3v) is 5.15. The minimum Gasteiger partial charge on any atom is -0.423 e. The smallest absolute Gasteiger partial charge is 0.336 e. The predicted molar refractivity (Wildman–Crippen MR) is 98.3 cm³/mol. The fourth-order valence-corrected chi connectivity index (χ4v) is 3.90. The summed E-state index contributed by atoms with van der Waals surface area (Å²) in [6, 6.07) is 14.4. The Morgan fingerprint density at radius 1 is 1.00 bits per heavy atom. The van der Waals surface area contributed by atoms with Gasteiger partial charge in [-0.05, 0) is 35.2 Å². The molecule has 3 nitrogen and oxygen atoms in total. The summed E-state index contributed by atoms with van der Waals surface area (Å²) >= 11 is 0. The van der Waals surface area contributed by atoms with Gasteiger partial charge in [0.05, 0.1) is 0 Å². The second kappa shape index (κ2) is 6.78. The summed E-state index contributed by atoms with van der Waals surface area (Å²) < 4.78 is 5.44. The third-order valence-electron chi connectivity index (χ3n) is 5.15. The summed E-state index contributed by atoms with van der Waals surface area (Å²) in [5.41, 5.74) is 1.46. The van der Waals surface area contributed by atoms with Gasteiger partial charge in [-0.1, -0.05) is 56.0 Å². The first-order valence-electron chi connectivity index (χ1n) is 8.99. The third kappa shape index (κ3) is 3.09. The molecule has 3 aromatic rings. The molecule has 2 aromatic carbocycles. The van der Waals surface area contributed by atoms with Crippen molar-refractivity contribution in [3.63, 3.8) is 0 Å². The number of fused-ring (bicyclic) bond motifs is 3. The number of hydrogen-bond donors (Lipinski definition) is 1. The first-order chi connectivity index (χ1) is 11.8. The van der Waals surface area contributed by atoms with Crippen molar-refractivity contribution in [3.8, 4) is 0 Å². The first-order valence-corrected chi connectivity index (χ1v) is 8.99. The van der Waals surface area contributed by atoms with Crippen LogP contribution in [0.15, 0.2) is 51.7 Å². The van der Waals surface area contributed by atoms with Crippen LogP contribution in [0.3, 0.4) is 0 Å². The van der Waals surface area contributed by atoms with Gasteiger partial charge in [0.15, 0.2) is 0 Å². The molecule has 1 N–H and O–H groups in total. The Kier molecular flexibility index (Phi) is 4.35. The van der Waals surface area contributed by atoms with Gasteiger partial charge in [-0.2, -0.15) is 0 Å². The monoisotopic (exact) mass is 321 g/mol. The lowest BCUT2D eigenvalue weighted by Crippen LogP contribution is -2.28. The summed E-state index contributed by atoms with van der Waals surface area (Å²) in [7, 11) is 0. The Morgan fingerprint density at radius 2 is 1.79 bits per heavy atom. The van der Waals surface area contributed by atoms with E-state index in [0.717, 1.165) is 22.9 Å². The van der Waals surface area contributed by atoms with Gasteiger partial charge < -0.3 is 9.73 Å². The van der Waals surface area contributed by atoms with Gasteiger partial charge in [0.25, 0.3) is 0 Å². The average molecular weight is 321 g/mol. The lowest BCUT2D eigenvalue weighted by molar-refractivity contribution is 0.458. The Labute approximate surface area is 141 Å². The second-order valence-corrected chi connectivity index (χ2v) is 6.82. The molecule has 124 valence electrons. The Bertz CT molecular complexity index is 904. The topological polar surface area (TPSA) is 42.2 Å². The summed E-state index contributed by atoms with van der Waals surface area (Å²) in [6.07, 6.45) is 7.78.